The summed E-state index contributed by atoms with van der Waals surface area (Å²) < 4.78 is 6.05. The Labute approximate surface area is 103 Å². The van der Waals surface area contributed by atoms with E-state index < -0.39 is 0 Å². The highest BCUT2D eigenvalue weighted by Gasteiger charge is 2.42. The van der Waals surface area contributed by atoms with Gasteiger partial charge in [0.15, 0.2) is 0 Å². The highest BCUT2D eigenvalue weighted by Crippen LogP contribution is 2.43. The molecule has 16 heavy (non-hydrogen) atoms. The van der Waals surface area contributed by atoms with E-state index in [1.807, 2.05) is 0 Å². The summed E-state index contributed by atoms with van der Waals surface area (Å²) in [6, 6.07) is 0.443. The Kier molecular flexibility index (Phi) is 3.20. The second-order valence-corrected chi connectivity index (χ2v) is 7.04. The van der Waals surface area contributed by atoms with Crippen LogP contribution >= 0.6 is 11.8 Å². The SMILES string of the molecule is NC(CC1CC1)C1CCOC2(CCSC2)C1. The fourth-order valence-corrected chi connectivity index (χ4v) is 4.60. The van der Waals surface area contributed by atoms with E-state index in [1.54, 1.807) is 0 Å². The second-order valence-electron chi connectivity index (χ2n) is 5.93. The van der Waals surface area contributed by atoms with Crippen molar-refractivity contribution in [1.29, 1.82) is 0 Å². The average molecular weight is 241 g/mol. The maximum absolute atomic E-state index is 6.38. The van der Waals surface area contributed by atoms with Crippen LogP contribution in [0.2, 0.25) is 0 Å². The van der Waals surface area contributed by atoms with Crippen LogP contribution in [-0.4, -0.2) is 29.8 Å². The molecule has 3 aliphatic rings. The molecule has 0 aromatic carbocycles. The van der Waals surface area contributed by atoms with Gasteiger partial charge in [-0.2, -0.15) is 11.8 Å². The van der Waals surface area contributed by atoms with Crippen LogP contribution in [0.5, 0.6) is 0 Å². The first-order chi connectivity index (χ1) is 7.77. The molecule has 1 spiro atoms. The summed E-state index contributed by atoms with van der Waals surface area (Å²) in [7, 11) is 0. The Morgan fingerprint density at radius 3 is 2.94 bits per heavy atom. The van der Waals surface area contributed by atoms with Crippen molar-refractivity contribution in [3.05, 3.63) is 0 Å². The van der Waals surface area contributed by atoms with Crippen molar-refractivity contribution < 1.29 is 4.74 Å². The first kappa shape index (κ1) is 11.4. The molecule has 2 saturated heterocycles. The zero-order valence-electron chi connectivity index (χ0n) is 9.99. The van der Waals surface area contributed by atoms with E-state index in [0.29, 0.717) is 6.04 Å². The van der Waals surface area contributed by atoms with E-state index in [1.165, 1.54) is 50.0 Å². The Balaban J connectivity index is 1.57. The van der Waals surface area contributed by atoms with Crippen molar-refractivity contribution in [2.24, 2.45) is 17.6 Å². The van der Waals surface area contributed by atoms with Crippen molar-refractivity contribution >= 4 is 11.8 Å². The third-order valence-corrected chi connectivity index (χ3v) is 5.73. The number of hydrogen-bond donors (Lipinski definition) is 1. The van der Waals surface area contributed by atoms with Gasteiger partial charge in [0.05, 0.1) is 5.60 Å². The molecule has 0 radical (unpaired) electrons. The van der Waals surface area contributed by atoms with Crippen LogP contribution in [0.1, 0.15) is 38.5 Å². The van der Waals surface area contributed by atoms with E-state index in [0.717, 1.165) is 18.4 Å². The van der Waals surface area contributed by atoms with Crippen LogP contribution in [0.4, 0.5) is 0 Å². The quantitative estimate of drug-likeness (QED) is 0.824. The van der Waals surface area contributed by atoms with E-state index in [-0.39, 0.29) is 5.60 Å². The molecule has 2 aliphatic heterocycles. The lowest BCUT2D eigenvalue weighted by atomic mass is 9.80. The zero-order chi connectivity index (χ0) is 11.0. The summed E-state index contributed by atoms with van der Waals surface area (Å²) in [5.41, 5.74) is 6.59. The fraction of sp³-hybridized carbons (Fsp3) is 1.00. The molecule has 1 saturated carbocycles. The van der Waals surface area contributed by atoms with Crippen LogP contribution in [0.3, 0.4) is 0 Å². The normalized spacial score (nSPS) is 41.4. The molecule has 3 unspecified atom stereocenters. The molecule has 0 aromatic rings. The number of ether oxygens (including phenoxy) is 1. The maximum Gasteiger partial charge on any atom is 0.0783 e. The number of rotatable bonds is 3. The molecule has 3 atom stereocenters. The lowest BCUT2D eigenvalue weighted by Crippen LogP contribution is -2.45. The highest BCUT2D eigenvalue weighted by molar-refractivity contribution is 7.99. The van der Waals surface area contributed by atoms with Crippen molar-refractivity contribution in [3.8, 4) is 0 Å². The molecule has 2 N–H and O–H groups in total. The highest BCUT2D eigenvalue weighted by atomic mass is 32.2. The minimum Gasteiger partial charge on any atom is -0.374 e. The number of hydrogen-bond acceptors (Lipinski definition) is 3. The first-order valence-electron chi connectivity index (χ1n) is 6.75. The number of nitrogens with two attached hydrogens (primary N) is 1. The predicted molar refractivity (Wildman–Crippen MR) is 68.7 cm³/mol. The van der Waals surface area contributed by atoms with Gasteiger partial charge in [0.2, 0.25) is 0 Å². The van der Waals surface area contributed by atoms with Crippen LogP contribution in [0.15, 0.2) is 0 Å². The molecule has 0 aromatic heterocycles. The molecule has 2 nitrogen and oxygen atoms in total. The molecular weight excluding hydrogens is 218 g/mol. The Morgan fingerprint density at radius 1 is 1.38 bits per heavy atom. The molecule has 2 heterocycles. The average Bonchev–Trinajstić information content (AvgIpc) is 3.00. The van der Waals surface area contributed by atoms with Crippen LogP contribution in [-0.2, 0) is 4.74 Å². The van der Waals surface area contributed by atoms with Crippen molar-refractivity contribution in [3.63, 3.8) is 0 Å². The largest absolute Gasteiger partial charge is 0.374 e. The zero-order valence-corrected chi connectivity index (χ0v) is 10.8. The van der Waals surface area contributed by atoms with Gasteiger partial charge in [-0.1, -0.05) is 12.8 Å². The van der Waals surface area contributed by atoms with Gasteiger partial charge in [0, 0.05) is 18.4 Å². The van der Waals surface area contributed by atoms with Gasteiger partial charge in [-0.05, 0) is 43.3 Å². The van der Waals surface area contributed by atoms with Crippen LogP contribution in [0, 0.1) is 11.8 Å². The van der Waals surface area contributed by atoms with E-state index in [9.17, 15) is 0 Å². The molecule has 0 amide bonds. The monoisotopic (exact) mass is 241 g/mol. The van der Waals surface area contributed by atoms with Gasteiger partial charge in [-0.15, -0.1) is 0 Å². The molecular formula is C13H23NOS. The minimum atomic E-state index is 0.217. The van der Waals surface area contributed by atoms with E-state index in [4.69, 9.17) is 10.5 Å². The topological polar surface area (TPSA) is 35.2 Å². The van der Waals surface area contributed by atoms with E-state index in [2.05, 4.69) is 11.8 Å². The summed E-state index contributed by atoms with van der Waals surface area (Å²) >= 11 is 2.05. The van der Waals surface area contributed by atoms with Crippen molar-refractivity contribution in [2.75, 3.05) is 18.1 Å². The van der Waals surface area contributed by atoms with Crippen molar-refractivity contribution in [1.82, 2.24) is 0 Å². The maximum atomic E-state index is 6.38. The van der Waals surface area contributed by atoms with Gasteiger partial charge in [0.25, 0.3) is 0 Å². The summed E-state index contributed by atoms with van der Waals surface area (Å²) in [4.78, 5) is 0. The third-order valence-electron chi connectivity index (χ3n) is 4.51. The number of thioether (sulfide) groups is 1. The summed E-state index contributed by atoms with van der Waals surface area (Å²) in [6.07, 6.45) is 7.81. The molecule has 1 aliphatic carbocycles. The van der Waals surface area contributed by atoms with Gasteiger partial charge in [-0.3, -0.25) is 0 Å². The van der Waals surface area contributed by atoms with Gasteiger partial charge in [0.1, 0.15) is 0 Å². The molecule has 3 rings (SSSR count). The standard InChI is InChI=1S/C13H23NOS/c14-12(7-10-1-2-10)11-3-5-15-13(8-11)4-6-16-9-13/h10-12H,1-9,14H2. The van der Waals surface area contributed by atoms with Crippen molar-refractivity contribution in [2.45, 2.75) is 50.2 Å². The summed E-state index contributed by atoms with van der Waals surface area (Å²) in [6.45, 7) is 0.948. The third kappa shape index (κ3) is 2.41. The summed E-state index contributed by atoms with van der Waals surface area (Å²) in [5, 5.41) is 0. The van der Waals surface area contributed by atoms with Gasteiger partial charge < -0.3 is 10.5 Å². The summed E-state index contributed by atoms with van der Waals surface area (Å²) in [5.74, 6) is 4.18. The van der Waals surface area contributed by atoms with Gasteiger partial charge >= 0.3 is 0 Å². The smallest absolute Gasteiger partial charge is 0.0783 e. The van der Waals surface area contributed by atoms with Crippen LogP contribution < -0.4 is 5.73 Å². The molecule has 3 heteroatoms. The minimum absolute atomic E-state index is 0.217. The predicted octanol–water partition coefficient (Wildman–Crippen LogP) is 2.42. The molecule has 3 fully saturated rings. The second kappa shape index (κ2) is 4.51. The molecule has 0 bridgehead atoms. The Bertz CT molecular complexity index is 248. The Morgan fingerprint density at radius 2 is 2.25 bits per heavy atom. The lowest BCUT2D eigenvalue weighted by Gasteiger charge is -2.40. The van der Waals surface area contributed by atoms with Gasteiger partial charge in [-0.25, -0.2) is 0 Å². The van der Waals surface area contributed by atoms with Crippen LogP contribution in [0.25, 0.3) is 0 Å². The Hall–Kier alpha value is 0.270. The fourth-order valence-electron chi connectivity index (χ4n) is 3.23. The lowest BCUT2D eigenvalue weighted by molar-refractivity contribution is -0.0837. The van der Waals surface area contributed by atoms with E-state index >= 15 is 0 Å². The first-order valence-corrected chi connectivity index (χ1v) is 7.90. The molecule has 92 valence electrons.